The number of aromatic nitrogens is 2. The van der Waals surface area contributed by atoms with Gasteiger partial charge in [-0.15, -0.1) is 0 Å². The van der Waals surface area contributed by atoms with Crippen LogP contribution in [0, 0.1) is 0 Å². The first kappa shape index (κ1) is 10.6. The molecule has 0 aliphatic carbocycles. The summed E-state index contributed by atoms with van der Waals surface area (Å²) in [4.78, 5) is 7.18. The lowest BCUT2D eigenvalue weighted by molar-refractivity contribution is 1.06. The van der Waals surface area contributed by atoms with Crippen LogP contribution >= 0.6 is 27.7 Å². The first-order valence-corrected chi connectivity index (χ1v) is 6.20. The molecule has 0 amide bonds. The number of rotatable bonds is 3. The van der Waals surface area contributed by atoms with Crippen LogP contribution in [0.4, 0.5) is 5.69 Å². The second-order valence-electron chi connectivity index (χ2n) is 2.99. The quantitative estimate of drug-likeness (QED) is 0.673. The summed E-state index contributed by atoms with van der Waals surface area (Å²) >= 11 is 5.12. The van der Waals surface area contributed by atoms with E-state index in [4.69, 9.17) is 5.73 Å². The summed E-state index contributed by atoms with van der Waals surface area (Å²) in [6.45, 7) is 0. The van der Waals surface area contributed by atoms with Gasteiger partial charge >= 0.3 is 0 Å². The molecule has 0 atom stereocenters. The number of benzene rings is 1. The van der Waals surface area contributed by atoms with Crippen LogP contribution < -0.4 is 5.73 Å². The lowest BCUT2D eigenvalue weighted by atomic mass is 10.2. The summed E-state index contributed by atoms with van der Waals surface area (Å²) in [5.41, 5.74) is 7.81. The molecule has 0 bridgehead atoms. The molecule has 0 unspecified atom stereocenters. The molecule has 0 fully saturated rings. The summed E-state index contributed by atoms with van der Waals surface area (Å²) in [6.07, 6.45) is 3.55. The number of thioether (sulfide) groups is 1. The van der Waals surface area contributed by atoms with E-state index < -0.39 is 0 Å². The van der Waals surface area contributed by atoms with E-state index in [9.17, 15) is 0 Å². The van der Waals surface area contributed by atoms with Gasteiger partial charge in [0.05, 0.1) is 0 Å². The van der Waals surface area contributed by atoms with Crippen LogP contribution in [0.3, 0.4) is 0 Å². The number of aromatic amines is 1. The number of nitrogen functional groups attached to an aromatic ring is 1. The predicted molar refractivity (Wildman–Crippen MR) is 66.7 cm³/mol. The molecule has 78 valence electrons. The van der Waals surface area contributed by atoms with Gasteiger partial charge in [0.2, 0.25) is 0 Å². The number of hydrogen-bond donors (Lipinski definition) is 2. The standard InChI is InChI=1S/C10H10BrN3S/c11-8-2-1-3-9(12)7(8)6-15-10-13-4-5-14-10/h1-5H,6,12H2,(H,13,14). The Kier molecular flexibility index (Phi) is 3.33. The van der Waals surface area contributed by atoms with Gasteiger partial charge in [0.25, 0.3) is 0 Å². The highest BCUT2D eigenvalue weighted by Crippen LogP contribution is 2.28. The van der Waals surface area contributed by atoms with Crippen LogP contribution in [0.15, 0.2) is 40.2 Å². The first-order valence-electron chi connectivity index (χ1n) is 4.42. The SMILES string of the molecule is Nc1cccc(Br)c1CSc1ncc[nH]1. The molecule has 1 aromatic heterocycles. The Bertz CT molecular complexity index is 422. The number of imidazole rings is 1. The van der Waals surface area contributed by atoms with Crippen LogP contribution in [0.25, 0.3) is 0 Å². The fourth-order valence-electron chi connectivity index (χ4n) is 1.20. The molecule has 3 N–H and O–H groups in total. The minimum absolute atomic E-state index is 0.806. The number of halogens is 1. The van der Waals surface area contributed by atoms with Crippen molar-refractivity contribution >= 4 is 33.4 Å². The molecule has 1 heterocycles. The third-order valence-corrected chi connectivity index (χ3v) is 3.65. The molecule has 2 rings (SSSR count). The van der Waals surface area contributed by atoms with Gasteiger partial charge in [-0.05, 0) is 17.7 Å². The second kappa shape index (κ2) is 4.72. The fourth-order valence-corrected chi connectivity index (χ4v) is 2.80. The maximum Gasteiger partial charge on any atom is 0.165 e. The first-order chi connectivity index (χ1) is 7.27. The summed E-state index contributed by atoms with van der Waals surface area (Å²) < 4.78 is 1.04. The van der Waals surface area contributed by atoms with E-state index in [2.05, 4.69) is 25.9 Å². The Balaban J connectivity index is 2.11. The monoisotopic (exact) mass is 283 g/mol. The maximum atomic E-state index is 5.89. The smallest absolute Gasteiger partial charge is 0.165 e. The van der Waals surface area contributed by atoms with Crippen LogP contribution in [-0.2, 0) is 5.75 Å². The lowest BCUT2D eigenvalue weighted by Gasteiger charge is -2.06. The van der Waals surface area contributed by atoms with Gasteiger partial charge in [0.15, 0.2) is 5.16 Å². The number of nitrogens with two attached hydrogens (primary N) is 1. The van der Waals surface area contributed by atoms with Crippen molar-refractivity contribution in [2.75, 3.05) is 5.73 Å². The third-order valence-electron chi connectivity index (χ3n) is 1.98. The van der Waals surface area contributed by atoms with E-state index in [-0.39, 0.29) is 0 Å². The number of nitrogens with zero attached hydrogens (tertiary/aromatic N) is 1. The molecule has 0 saturated heterocycles. The van der Waals surface area contributed by atoms with Gasteiger partial charge in [-0.25, -0.2) is 4.98 Å². The minimum Gasteiger partial charge on any atom is -0.398 e. The van der Waals surface area contributed by atoms with Crippen molar-refractivity contribution in [2.24, 2.45) is 0 Å². The molecule has 0 aliphatic heterocycles. The van der Waals surface area contributed by atoms with Crippen molar-refractivity contribution < 1.29 is 0 Å². The molecule has 5 heteroatoms. The second-order valence-corrected chi connectivity index (χ2v) is 4.81. The Hall–Kier alpha value is -0.940. The maximum absolute atomic E-state index is 5.89. The van der Waals surface area contributed by atoms with Crippen molar-refractivity contribution in [3.8, 4) is 0 Å². The van der Waals surface area contributed by atoms with E-state index in [0.717, 1.165) is 26.6 Å². The van der Waals surface area contributed by atoms with Gasteiger partial charge < -0.3 is 10.7 Å². The normalized spacial score (nSPS) is 10.5. The Morgan fingerprint density at radius 1 is 1.47 bits per heavy atom. The summed E-state index contributed by atoms with van der Waals surface area (Å²) in [5.74, 6) is 0.806. The molecular weight excluding hydrogens is 274 g/mol. The van der Waals surface area contributed by atoms with Crippen LogP contribution in [-0.4, -0.2) is 9.97 Å². The molecule has 3 nitrogen and oxygen atoms in total. The number of anilines is 1. The summed E-state index contributed by atoms with van der Waals surface area (Å²) in [7, 11) is 0. The number of H-pyrrole nitrogens is 1. The third kappa shape index (κ3) is 2.54. The number of hydrogen-bond acceptors (Lipinski definition) is 3. The Morgan fingerprint density at radius 2 is 2.33 bits per heavy atom. The van der Waals surface area contributed by atoms with Gasteiger partial charge in [0.1, 0.15) is 0 Å². The fraction of sp³-hybridized carbons (Fsp3) is 0.100. The minimum atomic E-state index is 0.806. The largest absolute Gasteiger partial charge is 0.398 e. The molecular formula is C10H10BrN3S. The van der Waals surface area contributed by atoms with Gasteiger partial charge in [-0.2, -0.15) is 0 Å². The lowest BCUT2D eigenvalue weighted by Crippen LogP contribution is -1.93. The topological polar surface area (TPSA) is 54.7 Å². The van der Waals surface area contributed by atoms with E-state index in [1.807, 2.05) is 24.4 Å². The van der Waals surface area contributed by atoms with E-state index in [1.165, 1.54) is 0 Å². The van der Waals surface area contributed by atoms with E-state index in [0.29, 0.717) is 0 Å². The zero-order valence-corrected chi connectivity index (χ0v) is 10.3. The Labute approximate surface area is 101 Å². The average Bonchev–Trinajstić information content (AvgIpc) is 2.70. The van der Waals surface area contributed by atoms with Crippen molar-refractivity contribution in [1.29, 1.82) is 0 Å². The highest BCUT2D eigenvalue weighted by molar-refractivity contribution is 9.10. The number of nitrogens with one attached hydrogen (secondary N) is 1. The van der Waals surface area contributed by atoms with Crippen LogP contribution in [0.1, 0.15) is 5.56 Å². The van der Waals surface area contributed by atoms with Gasteiger partial charge in [0, 0.05) is 28.3 Å². The van der Waals surface area contributed by atoms with E-state index in [1.54, 1.807) is 18.0 Å². The van der Waals surface area contributed by atoms with Crippen molar-refractivity contribution in [3.05, 3.63) is 40.6 Å². The molecule has 0 spiro atoms. The predicted octanol–water partition coefficient (Wildman–Crippen LogP) is 3.05. The molecule has 15 heavy (non-hydrogen) atoms. The van der Waals surface area contributed by atoms with Crippen molar-refractivity contribution in [2.45, 2.75) is 10.9 Å². The van der Waals surface area contributed by atoms with Crippen LogP contribution in [0.2, 0.25) is 0 Å². The molecule has 2 aromatic rings. The zero-order valence-electron chi connectivity index (χ0n) is 7.90. The highest BCUT2D eigenvalue weighted by atomic mass is 79.9. The van der Waals surface area contributed by atoms with Crippen molar-refractivity contribution in [1.82, 2.24) is 9.97 Å². The van der Waals surface area contributed by atoms with Crippen molar-refractivity contribution in [3.63, 3.8) is 0 Å². The average molecular weight is 284 g/mol. The zero-order chi connectivity index (χ0) is 10.7. The highest BCUT2D eigenvalue weighted by Gasteiger charge is 2.05. The summed E-state index contributed by atoms with van der Waals surface area (Å²) in [6, 6.07) is 5.83. The van der Waals surface area contributed by atoms with Crippen LogP contribution in [0.5, 0.6) is 0 Å². The van der Waals surface area contributed by atoms with Gasteiger partial charge in [-0.3, -0.25) is 0 Å². The Morgan fingerprint density at radius 3 is 3.00 bits per heavy atom. The molecule has 0 saturated carbocycles. The molecule has 0 radical (unpaired) electrons. The molecule has 0 aliphatic rings. The van der Waals surface area contributed by atoms with Gasteiger partial charge in [-0.1, -0.05) is 33.8 Å². The summed E-state index contributed by atoms with van der Waals surface area (Å²) in [5, 5.41) is 0.908. The van der Waals surface area contributed by atoms with E-state index >= 15 is 0 Å². The molecule has 1 aromatic carbocycles.